The van der Waals surface area contributed by atoms with Crippen LogP contribution in [0.3, 0.4) is 0 Å². The Morgan fingerprint density at radius 3 is 3.00 bits per heavy atom. The van der Waals surface area contributed by atoms with Crippen molar-refractivity contribution in [2.24, 2.45) is 0 Å². The van der Waals surface area contributed by atoms with E-state index in [1.807, 2.05) is 6.92 Å². The zero-order valence-electron chi connectivity index (χ0n) is 7.34. The SMILES string of the molecule is CCC(=O)CC1CC(=O)CCS1. The summed E-state index contributed by atoms with van der Waals surface area (Å²) in [5, 5.41) is 0.277. The molecular formula is C9H14O2S. The molecule has 3 heteroatoms. The van der Waals surface area contributed by atoms with Crippen LogP contribution in [-0.2, 0) is 9.59 Å². The lowest BCUT2D eigenvalue weighted by Crippen LogP contribution is -2.20. The highest BCUT2D eigenvalue weighted by atomic mass is 32.2. The minimum atomic E-state index is 0.277. The van der Waals surface area contributed by atoms with Crippen LogP contribution in [0.25, 0.3) is 0 Å². The minimum absolute atomic E-state index is 0.277. The summed E-state index contributed by atoms with van der Waals surface area (Å²) in [6.45, 7) is 1.87. The van der Waals surface area contributed by atoms with E-state index in [0.29, 0.717) is 31.5 Å². The maximum Gasteiger partial charge on any atom is 0.134 e. The maximum atomic E-state index is 11.1. The number of hydrogen-bond acceptors (Lipinski definition) is 3. The van der Waals surface area contributed by atoms with Crippen LogP contribution in [-0.4, -0.2) is 22.6 Å². The Balaban J connectivity index is 2.32. The fraction of sp³-hybridized carbons (Fsp3) is 0.778. The van der Waals surface area contributed by atoms with Gasteiger partial charge in [-0.05, 0) is 0 Å². The van der Waals surface area contributed by atoms with Crippen molar-refractivity contribution in [2.75, 3.05) is 5.75 Å². The number of Topliss-reactive ketones (excluding diaryl/α,β-unsaturated/α-hetero) is 2. The highest BCUT2D eigenvalue weighted by Gasteiger charge is 2.21. The van der Waals surface area contributed by atoms with Crippen molar-refractivity contribution in [2.45, 2.75) is 37.9 Å². The van der Waals surface area contributed by atoms with Gasteiger partial charge in [-0.3, -0.25) is 9.59 Å². The largest absolute Gasteiger partial charge is 0.300 e. The summed E-state index contributed by atoms with van der Waals surface area (Å²) in [6.07, 6.45) is 2.50. The summed E-state index contributed by atoms with van der Waals surface area (Å²) >= 11 is 1.77. The molecule has 1 fully saturated rings. The quantitative estimate of drug-likeness (QED) is 0.674. The van der Waals surface area contributed by atoms with Gasteiger partial charge in [0, 0.05) is 36.7 Å². The molecule has 0 aromatic rings. The van der Waals surface area contributed by atoms with Gasteiger partial charge in [-0.1, -0.05) is 6.92 Å². The topological polar surface area (TPSA) is 34.1 Å². The predicted molar refractivity (Wildman–Crippen MR) is 50.4 cm³/mol. The molecule has 1 unspecified atom stereocenters. The van der Waals surface area contributed by atoms with Gasteiger partial charge < -0.3 is 0 Å². The Kier molecular flexibility index (Phi) is 3.79. The average molecular weight is 186 g/mol. The highest BCUT2D eigenvalue weighted by Crippen LogP contribution is 2.25. The lowest BCUT2D eigenvalue weighted by molar-refractivity contribution is -0.120. The maximum absolute atomic E-state index is 11.1. The Morgan fingerprint density at radius 2 is 2.42 bits per heavy atom. The van der Waals surface area contributed by atoms with Crippen molar-refractivity contribution >= 4 is 23.3 Å². The van der Waals surface area contributed by atoms with Gasteiger partial charge in [0.15, 0.2) is 0 Å². The van der Waals surface area contributed by atoms with Crippen LogP contribution in [0.15, 0.2) is 0 Å². The molecule has 0 aromatic carbocycles. The van der Waals surface area contributed by atoms with Crippen LogP contribution in [0.2, 0.25) is 0 Å². The van der Waals surface area contributed by atoms with E-state index in [4.69, 9.17) is 0 Å². The third-order valence-electron chi connectivity index (χ3n) is 2.04. The average Bonchev–Trinajstić information content (AvgIpc) is 2.04. The summed E-state index contributed by atoms with van der Waals surface area (Å²) in [7, 11) is 0. The molecule has 1 aliphatic heterocycles. The molecule has 2 nitrogen and oxygen atoms in total. The number of rotatable bonds is 3. The van der Waals surface area contributed by atoms with Gasteiger partial charge in [-0.25, -0.2) is 0 Å². The predicted octanol–water partition coefficient (Wildman–Crippen LogP) is 1.82. The van der Waals surface area contributed by atoms with Crippen LogP contribution in [0.5, 0.6) is 0 Å². The van der Waals surface area contributed by atoms with Crippen LogP contribution in [0, 0.1) is 0 Å². The van der Waals surface area contributed by atoms with Crippen LogP contribution >= 0.6 is 11.8 Å². The van der Waals surface area contributed by atoms with Gasteiger partial charge >= 0.3 is 0 Å². The van der Waals surface area contributed by atoms with E-state index >= 15 is 0 Å². The molecule has 0 aromatic heterocycles. The van der Waals surface area contributed by atoms with Gasteiger partial charge in [-0.2, -0.15) is 11.8 Å². The van der Waals surface area contributed by atoms with Gasteiger partial charge in [0.05, 0.1) is 0 Å². The molecule has 12 heavy (non-hydrogen) atoms. The smallest absolute Gasteiger partial charge is 0.134 e. The van der Waals surface area contributed by atoms with E-state index in [-0.39, 0.29) is 11.0 Å². The zero-order valence-corrected chi connectivity index (χ0v) is 8.15. The third-order valence-corrected chi connectivity index (χ3v) is 3.28. The van der Waals surface area contributed by atoms with Crippen molar-refractivity contribution in [1.82, 2.24) is 0 Å². The number of hydrogen-bond donors (Lipinski definition) is 0. The second kappa shape index (κ2) is 4.65. The first-order valence-electron chi connectivity index (χ1n) is 4.37. The molecule has 1 rings (SSSR count). The highest BCUT2D eigenvalue weighted by molar-refractivity contribution is 8.00. The van der Waals surface area contributed by atoms with Crippen molar-refractivity contribution in [1.29, 1.82) is 0 Å². The molecule has 1 heterocycles. The van der Waals surface area contributed by atoms with E-state index in [1.54, 1.807) is 11.8 Å². The standard InChI is InChI=1S/C9H14O2S/c1-2-7(10)5-9-6-8(11)3-4-12-9/h9H,2-6H2,1H3. The molecule has 1 saturated heterocycles. The van der Waals surface area contributed by atoms with Crippen LogP contribution < -0.4 is 0 Å². The summed E-state index contributed by atoms with van der Waals surface area (Å²) in [6, 6.07) is 0. The monoisotopic (exact) mass is 186 g/mol. The molecule has 0 spiro atoms. The molecule has 0 saturated carbocycles. The Labute approximate surface area is 77.1 Å². The molecule has 0 amide bonds. The Morgan fingerprint density at radius 1 is 1.67 bits per heavy atom. The van der Waals surface area contributed by atoms with Crippen LogP contribution in [0.1, 0.15) is 32.6 Å². The second-order valence-electron chi connectivity index (χ2n) is 3.08. The van der Waals surface area contributed by atoms with E-state index in [1.165, 1.54) is 0 Å². The van der Waals surface area contributed by atoms with E-state index in [2.05, 4.69) is 0 Å². The Hall–Kier alpha value is -0.310. The molecule has 0 bridgehead atoms. The van der Waals surface area contributed by atoms with E-state index in [9.17, 15) is 9.59 Å². The van der Waals surface area contributed by atoms with Crippen molar-refractivity contribution in [3.05, 3.63) is 0 Å². The van der Waals surface area contributed by atoms with E-state index in [0.717, 1.165) is 5.75 Å². The lowest BCUT2D eigenvalue weighted by Gasteiger charge is -2.19. The van der Waals surface area contributed by atoms with Crippen molar-refractivity contribution in [3.63, 3.8) is 0 Å². The van der Waals surface area contributed by atoms with Gasteiger partial charge in [-0.15, -0.1) is 0 Å². The zero-order chi connectivity index (χ0) is 8.97. The summed E-state index contributed by atoms with van der Waals surface area (Å²) in [4.78, 5) is 22.1. The summed E-state index contributed by atoms with van der Waals surface area (Å²) in [5.74, 6) is 1.50. The van der Waals surface area contributed by atoms with Crippen LogP contribution in [0.4, 0.5) is 0 Å². The van der Waals surface area contributed by atoms with Crippen molar-refractivity contribution < 1.29 is 9.59 Å². The number of ketones is 2. The van der Waals surface area contributed by atoms with E-state index < -0.39 is 0 Å². The molecular weight excluding hydrogens is 172 g/mol. The molecule has 1 aliphatic rings. The summed E-state index contributed by atoms with van der Waals surface area (Å²) < 4.78 is 0. The molecule has 68 valence electrons. The first-order valence-corrected chi connectivity index (χ1v) is 5.42. The first kappa shape index (κ1) is 9.78. The van der Waals surface area contributed by atoms with Gasteiger partial charge in [0.1, 0.15) is 11.6 Å². The van der Waals surface area contributed by atoms with Gasteiger partial charge in [0.2, 0.25) is 0 Å². The molecule has 1 atom stereocenters. The fourth-order valence-electron chi connectivity index (χ4n) is 1.28. The molecule has 0 N–H and O–H groups in total. The minimum Gasteiger partial charge on any atom is -0.300 e. The first-order chi connectivity index (χ1) is 5.72. The number of carbonyl (C=O) groups excluding carboxylic acids is 2. The fourth-order valence-corrected chi connectivity index (χ4v) is 2.57. The third kappa shape index (κ3) is 2.97. The number of carbonyl (C=O) groups is 2. The Bertz CT molecular complexity index is 189. The number of thioether (sulfide) groups is 1. The molecule has 0 aliphatic carbocycles. The van der Waals surface area contributed by atoms with Crippen molar-refractivity contribution in [3.8, 4) is 0 Å². The lowest BCUT2D eigenvalue weighted by atomic mass is 10.1. The molecule has 0 radical (unpaired) electrons. The second-order valence-corrected chi connectivity index (χ2v) is 4.49. The van der Waals surface area contributed by atoms with Gasteiger partial charge in [0.25, 0.3) is 0 Å². The normalized spacial score (nSPS) is 24.1. The summed E-state index contributed by atoms with van der Waals surface area (Å²) in [5.41, 5.74) is 0.